The van der Waals surface area contributed by atoms with Gasteiger partial charge in [-0.25, -0.2) is 0 Å². The first kappa shape index (κ1) is 12.4. The van der Waals surface area contributed by atoms with Gasteiger partial charge >= 0.3 is 11.7 Å². The maximum absolute atomic E-state index is 11.0. The van der Waals surface area contributed by atoms with Gasteiger partial charge in [-0.15, -0.1) is 0 Å². The molecule has 1 aromatic heterocycles. The number of fused-ring (bicyclic) bond motifs is 1. The number of hydrogen-bond donors (Lipinski definition) is 1. The van der Waals surface area contributed by atoms with Crippen LogP contribution in [0, 0.1) is 17.0 Å². The van der Waals surface area contributed by atoms with E-state index in [2.05, 4.69) is 4.98 Å². The van der Waals surface area contributed by atoms with Gasteiger partial charge in [-0.2, -0.15) is 0 Å². The first-order valence-corrected chi connectivity index (χ1v) is 5.43. The number of halogens is 1. The Morgan fingerprint density at radius 3 is 2.72 bits per heavy atom. The lowest BCUT2D eigenvalue weighted by Crippen LogP contribution is -2.02. The molecular weight excluding hydrogens is 260 g/mol. The second-order valence-electron chi connectivity index (χ2n) is 3.75. The quantitative estimate of drug-likeness (QED) is 0.515. The van der Waals surface area contributed by atoms with Gasteiger partial charge in [0.15, 0.2) is 5.75 Å². The van der Waals surface area contributed by atoms with Gasteiger partial charge in [0, 0.05) is 6.92 Å². The number of aromatic nitrogens is 1. The van der Waals surface area contributed by atoms with E-state index in [-0.39, 0.29) is 21.8 Å². The molecule has 0 spiro atoms. The summed E-state index contributed by atoms with van der Waals surface area (Å²) in [4.78, 5) is 24.4. The van der Waals surface area contributed by atoms with Crippen LogP contribution in [0.2, 0.25) is 5.02 Å². The molecule has 94 valence electrons. The molecule has 0 aliphatic heterocycles. The molecule has 0 saturated carbocycles. The molecular formula is C11H9ClN2O4. The van der Waals surface area contributed by atoms with Gasteiger partial charge in [-0.05, 0) is 19.1 Å². The minimum absolute atomic E-state index is 0.0000907. The maximum Gasteiger partial charge on any atom is 0.308 e. The number of aryl methyl sites for hydroxylation is 1. The molecule has 0 saturated heterocycles. The summed E-state index contributed by atoms with van der Waals surface area (Å²) in [6.07, 6.45) is 0. The Labute approximate surface area is 107 Å². The normalized spacial score (nSPS) is 10.6. The van der Waals surface area contributed by atoms with Gasteiger partial charge in [0.2, 0.25) is 0 Å². The molecule has 0 bridgehead atoms. The van der Waals surface area contributed by atoms with Crippen LogP contribution < -0.4 is 4.74 Å². The third-order valence-corrected chi connectivity index (χ3v) is 2.75. The Kier molecular flexibility index (Phi) is 2.96. The van der Waals surface area contributed by atoms with Crippen LogP contribution in [0.15, 0.2) is 12.1 Å². The Balaban J connectivity index is 2.84. The maximum atomic E-state index is 11.0. The van der Waals surface area contributed by atoms with Gasteiger partial charge < -0.3 is 9.72 Å². The first-order chi connectivity index (χ1) is 8.41. The number of carbonyl (C=O) groups excluding carboxylic acids is 1. The number of hydrogen-bond acceptors (Lipinski definition) is 4. The molecule has 0 aliphatic rings. The van der Waals surface area contributed by atoms with Gasteiger partial charge in [-0.3, -0.25) is 14.9 Å². The number of benzene rings is 1. The van der Waals surface area contributed by atoms with Crippen molar-refractivity contribution in [2.75, 3.05) is 0 Å². The van der Waals surface area contributed by atoms with Gasteiger partial charge in [0.1, 0.15) is 10.4 Å². The molecule has 0 aliphatic carbocycles. The number of nitro groups is 1. The average molecular weight is 269 g/mol. The number of nitro benzene ring substituents is 1. The van der Waals surface area contributed by atoms with Crippen molar-refractivity contribution < 1.29 is 14.5 Å². The van der Waals surface area contributed by atoms with E-state index in [1.165, 1.54) is 13.0 Å². The van der Waals surface area contributed by atoms with Crippen molar-refractivity contribution in [1.29, 1.82) is 0 Å². The van der Waals surface area contributed by atoms with Crippen molar-refractivity contribution in [3.05, 3.63) is 33.0 Å². The Morgan fingerprint density at radius 2 is 2.17 bits per heavy atom. The molecule has 7 heteroatoms. The van der Waals surface area contributed by atoms with Crippen LogP contribution in [0.25, 0.3) is 10.9 Å². The second kappa shape index (κ2) is 4.30. The summed E-state index contributed by atoms with van der Waals surface area (Å²) < 4.78 is 5.01. The predicted molar refractivity (Wildman–Crippen MR) is 66.0 cm³/mol. The molecule has 6 nitrogen and oxygen atoms in total. The summed E-state index contributed by atoms with van der Waals surface area (Å²) in [6, 6.07) is 3.03. The van der Waals surface area contributed by atoms with Crippen LogP contribution in [-0.2, 0) is 4.79 Å². The number of esters is 1. The van der Waals surface area contributed by atoms with Crippen molar-refractivity contribution in [3.8, 4) is 5.75 Å². The van der Waals surface area contributed by atoms with Gasteiger partial charge in [0.05, 0.1) is 16.1 Å². The molecule has 1 N–H and O–H groups in total. The SMILES string of the molecule is CC(=O)Oc1c(C)[nH]c2ccc(Cl)c([N+](=O)[O-])c12. The zero-order valence-corrected chi connectivity index (χ0v) is 10.4. The van der Waals surface area contributed by atoms with Gasteiger partial charge in [0.25, 0.3) is 0 Å². The van der Waals surface area contributed by atoms with Gasteiger partial charge in [-0.1, -0.05) is 11.6 Å². The van der Waals surface area contributed by atoms with E-state index in [1.54, 1.807) is 13.0 Å². The lowest BCUT2D eigenvalue weighted by atomic mass is 10.2. The Morgan fingerprint density at radius 1 is 1.50 bits per heavy atom. The molecule has 0 fully saturated rings. The smallest absolute Gasteiger partial charge is 0.308 e. The molecule has 0 atom stereocenters. The summed E-state index contributed by atoms with van der Waals surface area (Å²) in [5, 5.41) is 11.3. The van der Waals surface area contributed by atoms with Crippen LogP contribution >= 0.6 is 11.6 Å². The van der Waals surface area contributed by atoms with Crippen LogP contribution in [0.5, 0.6) is 5.75 Å². The summed E-state index contributed by atoms with van der Waals surface area (Å²) in [5.74, 6) is -0.403. The highest BCUT2D eigenvalue weighted by Gasteiger charge is 2.24. The fourth-order valence-electron chi connectivity index (χ4n) is 1.80. The van der Waals surface area contributed by atoms with E-state index in [4.69, 9.17) is 16.3 Å². The molecule has 0 radical (unpaired) electrons. The Hall–Kier alpha value is -2.08. The van der Waals surface area contributed by atoms with E-state index in [0.717, 1.165) is 0 Å². The standard InChI is InChI=1S/C11H9ClN2O4/c1-5-11(18-6(2)15)9-8(13-5)4-3-7(12)10(9)14(16)17/h3-4,13H,1-2H3. The van der Waals surface area contributed by atoms with Crippen molar-refractivity contribution >= 4 is 34.2 Å². The molecule has 18 heavy (non-hydrogen) atoms. The third-order valence-electron chi connectivity index (χ3n) is 2.45. The number of H-pyrrole nitrogens is 1. The lowest BCUT2D eigenvalue weighted by Gasteiger charge is -2.02. The van der Waals surface area contributed by atoms with E-state index in [0.29, 0.717) is 11.2 Å². The van der Waals surface area contributed by atoms with E-state index < -0.39 is 10.9 Å². The van der Waals surface area contributed by atoms with E-state index >= 15 is 0 Å². The van der Waals surface area contributed by atoms with E-state index in [1.807, 2.05) is 0 Å². The first-order valence-electron chi connectivity index (χ1n) is 5.05. The summed E-state index contributed by atoms with van der Waals surface area (Å²) >= 11 is 5.82. The molecule has 0 unspecified atom stereocenters. The fourth-order valence-corrected chi connectivity index (χ4v) is 2.02. The fraction of sp³-hybridized carbons (Fsp3) is 0.182. The van der Waals surface area contributed by atoms with Crippen molar-refractivity contribution in [3.63, 3.8) is 0 Å². The zero-order chi connectivity index (χ0) is 13.4. The highest BCUT2D eigenvalue weighted by Crippen LogP contribution is 2.40. The second-order valence-corrected chi connectivity index (χ2v) is 4.16. The summed E-state index contributed by atoms with van der Waals surface area (Å²) in [6.45, 7) is 2.89. The molecule has 0 amide bonds. The summed E-state index contributed by atoms with van der Waals surface area (Å²) in [7, 11) is 0. The highest BCUT2D eigenvalue weighted by molar-refractivity contribution is 6.34. The molecule has 1 heterocycles. The number of ether oxygens (including phenoxy) is 1. The van der Waals surface area contributed by atoms with Crippen LogP contribution in [-0.4, -0.2) is 15.9 Å². The Bertz CT molecular complexity index is 663. The van der Waals surface area contributed by atoms with Crippen LogP contribution in [0.4, 0.5) is 5.69 Å². The zero-order valence-electron chi connectivity index (χ0n) is 9.61. The minimum Gasteiger partial charge on any atom is -0.424 e. The number of nitrogens with zero attached hydrogens (tertiary/aromatic N) is 1. The predicted octanol–water partition coefficient (Wildman–Crippen LogP) is 2.96. The van der Waals surface area contributed by atoms with Crippen LogP contribution in [0.3, 0.4) is 0 Å². The summed E-state index contributed by atoms with van der Waals surface area (Å²) in [5.41, 5.74) is 0.764. The number of rotatable bonds is 2. The highest BCUT2D eigenvalue weighted by atomic mass is 35.5. The number of nitrogens with one attached hydrogen (secondary N) is 1. The minimum atomic E-state index is -0.592. The van der Waals surface area contributed by atoms with Crippen molar-refractivity contribution in [2.24, 2.45) is 0 Å². The number of carbonyl (C=O) groups is 1. The lowest BCUT2D eigenvalue weighted by molar-refractivity contribution is -0.382. The van der Waals surface area contributed by atoms with E-state index in [9.17, 15) is 14.9 Å². The monoisotopic (exact) mass is 268 g/mol. The average Bonchev–Trinajstić information content (AvgIpc) is 2.55. The topological polar surface area (TPSA) is 85.2 Å². The largest absolute Gasteiger partial charge is 0.424 e. The van der Waals surface area contributed by atoms with Crippen LogP contribution in [0.1, 0.15) is 12.6 Å². The van der Waals surface area contributed by atoms with Crippen molar-refractivity contribution in [1.82, 2.24) is 4.98 Å². The molecule has 2 aromatic rings. The van der Waals surface area contributed by atoms with Crippen molar-refractivity contribution in [2.45, 2.75) is 13.8 Å². The third kappa shape index (κ3) is 1.91. The molecule has 1 aromatic carbocycles. The molecule has 2 rings (SSSR count). The number of aromatic amines is 1.